The predicted molar refractivity (Wildman–Crippen MR) is 241 cm³/mol. The van der Waals surface area contributed by atoms with Gasteiger partial charge in [0.05, 0.1) is 0 Å². The number of halogens is 1. The van der Waals surface area contributed by atoms with Gasteiger partial charge < -0.3 is 0 Å². The molecule has 0 radical (unpaired) electrons. The molecule has 20 nitrogen and oxygen atoms in total. The zero-order valence-electron chi connectivity index (χ0n) is 34.7. The molecule has 4 bridgehead atoms. The van der Waals surface area contributed by atoms with Gasteiger partial charge >= 0.3 is 19.9 Å². The average molecular weight is 1000 g/mol. The van der Waals surface area contributed by atoms with Gasteiger partial charge in [0.25, 0.3) is 44.1 Å². The Labute approximate surface area is 385 Å². The van der Waals surface area contributed by atoms with E-state index in [1.165, 1.54) is 7.05 Å². The molecule has 0 spiro atoms. The van der Waals surface area contributed by atoms with Crippen molar-refractivity contribution in [2.24, 2.45) is 5.84 Å². The molecule has 3 aliphatic heterocycles. The molecule has 21 heteroatoms. The van der Waals surface area contributed by atoms with Gasteiger partial charge in [-0.1, -0.05) is 133 Å². The summed E-state index contributed by atoms with van der Waals surface area (Å²) in [4.78, 5) is 62.2. The van der Waals surface area contributed by atoms with Crippen LogP contribution in [0, 0.1) is 0 Å². The lowest BCUT2D eigenvalue weighted by molar-refractivity contribution is -0.908. The molecule has 0 saturated carbocycles. The Morgan fingerprint density at radius 1 is 0.354 bits per heavy atom. The molecule has 3 aliphatic rings. The van der Waals surface area contributed by atoms with Crippen LogP contribution in [0.2, 0.25) is 0 Å². The van der Waals surface area contributed by atoms with Gasteiger partial charge in [-0.15, -0.1) is 0 Å². The molecular formula is C44H43IN9O11+7. The topological polar surface area (TPSA) is 131 Å². The fraction of sp³-hybridized carbons (Fsp3) is 0.0455. The minimum Gasteiger partial charge on any atom is -0.240 e. The molecule has 7 aromatic rings. The Balaban J connectivity index is 1.41. The zero-order valence-corrected chi connectivity index (χ0v) is 36.9. The number of nitrogens with zero attached hydrogens (tertiary/aromatic N) is 8. The van der Waals surface area contributed by atoms with Crippen molar-refractivity contribution in [1.82, 2.24) is 39.8 Å². The minimum absolute atomic E-state index is 0.113. The maximum Gasteiger partial charge on any atom is 0.311 e. The first kappa shape index (κ1) is 43.4. The number of benzene rings is 7. The second kappa shape index (κ2) is 17.0. The molecule has 10 rings (SSSR count). The van der Waals surface area contributed by atoms with Crippen LogP contribution in [0.4, 0.5) is 39.8 Å². The van der Waals surface area contributed by atoms with Gasteiger partial charge in [0.1, 0.15) is 14.7 Å². The first-order valence-electron chi connectivity index (χ1n) is 20.1. The van der Waals surface area contributed by atoms with Crippen LogP contribution in [0.25, 0.3) is 0 Å². The van der Waals surface area contributed by atoms with E-state index >= 15 is 0 Å². The Kier molecular flexibility index (Phi) is 11.4. The highest BCUT2D eigenvalue weighted by Crippen LogP contribution is 2.53. The van der Waals surface area contributed by atoms with Gasteiger partial charge in [0.2, 0.25) is 5.69 Å². The monoisotopic (exact) mass is 1000 g/mol. The number of hydrogen-bond donors (Lipinski definition) is 1. The van der Waals surface area contributed by atoms with E-state index in [1.54, 1.807) is 218 Å². The van der Waals surface area contributed by atoms with Gasteiger partial charge in [-0.05, 0) is 8.11 Å². The number of fused-ring (bicyclic) bond motifs is 3. The average Bonchev–Trinajstić information content (AvgIpc) is 3.34. The van der Waals surface area contributed by atoms with Gasteiger partial charge in [-0.25, -0.2) is 5.84 Å². The highest BCUT2D eigenvalue weighted by atomic mass is 127. The molecule has 7 unspecified atom stereocenters. The maximum atomic E-state index is 7.41. The van der Waals surface area contributed by atoms with E-state index in [0.717, 1.165) is 5.17 Å². The number of rotatable bonds is 10. The number of hydrogen-bond acceptors (Lipinski definition) is 13. The second-order valence-electron chi connectivity index (χ2n) is 14.6. The maximum absolute atomic E-state index is 7.41. The smallest absolute Gasteiger partial charge is 0.240 e. The van der Waals surface area contributed by atoms with Crippen LogP contribution < -0.4 is 40.5 Å². The summed E-state index contributed by atoms with van der Waals surface area (Å²) >= 11 is 1.65. The van der Waals surface area contributed by atoms with Gasteiger partial charge in [0, 0.05) is 92.0 Å². The minimum atomic E-state index is -1.62. The summed E-state index contributed by atoms with van der Waals surface area (Å²) in [6.45, 7) is 0. The third kappa shape index (κ3) is 7.81. The largest absolute Gasteiger partial charge is 0.311 e. The molecule has 3 fully saturated rings. The molecule has 0 amide bonds. The SMILES string of the molecule is CN(N)O[N+]1(c2ccccc2)O[N+]2(c3ccccc3)O[N+](C)(c3ccccc3)O[N+]3(c4ccccc4)O[N+](OI)(c4ccccc4)O[N+](c4ccccc4)(O1)O[N+](c1ccccc1)(O3)O2. The van der Waals surface area contributed by atoms with Crippen molar-refractivity contribution in [1.29, 1.82) is 0 Å². The van der Waals surface area contributed by atoms with Crippen LogP contribution in [-0.2, 0) is 52.6 Å². The fourth-order valence-electron chi connectivity index (χ4n) is 7.15. The molecule has 7 aromatic carbocycles. The van der Waals surface area contributed by atoms with Crippen LogP contribution in [0.5, 0.6) is 0 Å². The van der Waals surface area contributed by atoms with Crippen molar-refractivity contribution < 1.29 is 52.6 Å². The second-order valence-corrected chi connectivity index (χ2v) is 15.0. The molecule has 65 heavy (non-hydrogen) atoms. The molecule has 0 aliphatic carbocycles. The summed E-state index contributed by atoms with van der Waals surface area (Å²) in [5, 5.41) is 0.866. The Bertz CT molecular complexity index is 2710. The third-order valence-corrected chi connectivity index (χ3v) is 10.5. The third-order valence-electron chi connectivity index (χ3n) is 10.0. The lowest BCUT2D eigenvalue weighted by Gasteiger charge is -2.42. The van der Waals surface area contributed by atoms with E-state index in [1.807, 2.05) is 24.3 Å². The van der Waals surface area contributed by atoms with Crippen LogP contribution in [0.1, 0.15) is 0 Å². The summed E-state index contributed by atoms with van der Waals surface area (Å²) in [7, 11) is 3.00. The summed E-state index contributed by atoms with van der Waals surface area (Å²) in [5.41, 5.74) is 1.30. The number of para-hydroxylation sites is 1. The summed E-state index contributed by atoms with van der Waals surface area (Å²) in [6, 6.07) is 60.9. The molecule has 7 atom stereocenters. The van der Waals surface area contributed by atoms with E-state index in [9.17, 15) is 0 Å². The standard InChI is InChI=1S/C44H43IN9O11/c1-47(46)56-50(40-28-14-5-15-29-40)61-52(42-32-18-7-19-33-42)58-48(2,38-24-10-3-11-25-38)57-51(41-30-16-6-17-31-41)59-49(55-45,39-26-12-4-13-27-39)60-53(62-50,43-34-20-8-21-35-43)65-54(63-51,64-52)44-36-22-9-23-37-44/h3-37H,46H2,1-2H3/q+7. The van der Waals surface area contributed by atoms with E-state index in [4.69, 9.17) is 58.4 Å². The lowest BCUT2D eigenvalue weighted by Crippen LogP contribution is -2.86. The molecule has 0 aromatic heterocycles. The number of nitrogens with two attached hydrogens (primary N) is 1. The van der Waals surface area contributed by atoms with Gasteiger partial charge in [0.15, 0.2) is 64.6 Å². The molecule has 330 valence electrons. The normalized spacial score (nSPS) is 31.2. The Morgan fingerprint density at radius 2 is 0.600 bits per heavy atom. The predicted octanol–water partition coefficient (Wildman–Crippen LogP) is 9.26. The molecule has 2 N–H and O–H groups in total. The number of hydroxylamine groups is 3. The molecular weight excluding hydrogens is 957 g/mol. The Morgan fingerprint density at radius 3 is 0.908 bits per heavy atom. The zero-order chi connectivity index (χ0) is 44.6. The van der Waals surface area contributed by atoms with E-state index in [2.05, 4.69) is 0 Å². The summed E-state index contributed by atoms with van der Waals surface area (Å²) in [5.74, 6) is 6.47. The van der Waals surface area contributed by atoms with Crippen molar-refractivity contribution in [2.45, 2.75) is 0 Å². The van der Waals surface area contributed by atoms with Crippen LogP contribution >= 0.6 is 23.0 Å². The highest BCUT2D eigenvalue weighted by molar-refractivity contribution is 14.1. The van der Waals surface area contributed by atoms with E-state index in [-0.39, 0.29) is 34.1 Å². The van der Waals surface area contributed by atoms with Crippen LogP contribution in [0.3, 0.4) is 0 Å². The number of hydrazine groups is 1. The van der Waals surface area contributed by atoms with Crippen molar-refractivity contribution in [3.05, 3.63) is 212 Å². The van der Waals surface area contributed by atoms with E-state index < -0.39 is 34.6 Å². The van der Waals surface area contributed by atoms with Crippen molar-refractivity contribution in [3.63, 3.8) is 0 Å². The number of quaternary nitrogens is 7. The highest BCUT2D eigenvalue weighted by Gasteiger charge is 2.89. The lowest BCUT2D eigenvalue weighted by atomic mass is 10.3. The van der Waals surface area contributed by atoms with E-state index in [0.29, 0.717) is 5.69 Å². The summed E-state index contributed by atoms with van der Waals surface area (Å²) in [6.07, 6.45) is 0. The Hall–Kier alpha value is -5.53. The molecule has 3 heterocycles. The van der Waals surface area contributed by atoms with Crippen molar-refractivity contribution in [3.8, 4) is 0 Å². The first-order chi connectivity index (χ1) is 31.6. The summed E-state index contributed by atoms with van der Waals surface area (Å²) < 4.78 is 6.39. The first-order valence-corrected chi connectivity index (χ1v) is 21.0. The quantitative estimate of drug-likeness (QED) is 0.0606. The van der Waals surface area contributed by atoms with Gasteiger partial charge in [-0.2, -0.15) is 0 Å². The van der Waals surface area contributed by atoms with Crippen LogP contribution in [0.15, 0.2) is 212 Å². The molecule has 3 saturated heterocycles. The fourth-order valence-corrected chi connectivity index (χ4v) is 7.52. The van der Waals surface area contributed by atoms with Crippen molar-refractivity contribution >= 4 is 62.8 Å². The van der Waals surface area contributed by atoms with Gasteiger partial charge in [-0.3, -0.25) is 0 Å². The van der Waals surface area contributed by atoms with Crippen molar-refractivity contribution in [2.75, 3.05) is 14.1 Å². The van der Waals surface area contributed by atoms with Crippen LogP contribution in [-0.4, -0.2) is 19.3 Å².